The molecule has 33 heavy (non-hydrogen) atoms. The van der Waals surface area contributed by atoms with Gasteiger partial charge in [-0.3, -0.25) is 9.97 Å². The van der Waals surface area contributed by atoms with Crippen LogP contribution in [0.5, 0.6) is 11.5 Å². The summed E-state index contributed by atoms with van der Waals surface area (Å²) in [5.74, 6) is 0.0423. The second-order valence-electron chi connectivity index (χ2n) is 7.17. The van der Waals surface area contributed by atoms with E-state index in [1.54, 1.807) is 24.5 Å². The van der Waals surface area contributed by atoms with Gasteiger partial charge in [-0.15, -0.1) is 11.3 Å². The fraction of sp³-hybridized carbons (Fsp3) is 0.174. The molecular formula is C23H21FN4O4S. The number of hydrogen-bond acceptors (Lipinski definition) is 8. The number of ether oxygens (including phenoxy) is 3. The molecule has 170 valence electrons. The monoisotopic (exact) mass is 468 g/mol. The van der Waals surface area contributed by atoms with E-state index in [1.807, 2.05) is 18.2 Å². The van der Waals surface area contributed by atoms with Crippen LogP contribution in [0.2, 0.25) is 0 Å². The largest absolute Gasteiger partial charge is 0.453 e. The van der Waals surface area contributed by atoms with Crippen LogP contribution in [0.1, 0.15) is 5.56 Å². The van der Waals surface area contributed by atoms with E-state index in [4.69, 9.17) is 25.7 Å². The highest BCUT2D eigenvalue weighted by Gasteiger charge is 2.15. The van der Waals surface area contributed by atoms with Crippen molar-refractivity contribution in [1.82, 2.24) is 9.97 Å². The van der Waals surface area contributed by atoms with Gasteiger partial charge in [-0.2, -0.15) is 0 Å². The average molecular weight is 469 g/mol. The number of methoxy groups -OCH3 is 1. The van der Waals surface area contributed by atoms with Gasteiger partial charge in [-0.05, 0) is 29.8 Å². The summed E-state index contributed by atoms with van der Waals surface area (Å²) in [6.45, 7) is 0.0624. The number of pyridine rings is 2. The van der Waals surface area contributed by atoms with Gasteiger partial charge >= 0.3 is 6.09 Å². The second kappa shape index (κ2) is 9.80. The SMILES string of the molecule is COC(COC(N)=O)Cc1ccc(-c2cc3nccc(Oc4ccc(N)cc4F)c3s2)nc1. The minimum absolute atomic E-state index is 0.0624. The third-order valence-electron chi connectivity index (χ3n) is 4.84. The number of thiophene rings is 1. The van der Waals surface area contributed by atoms with Gasteiger partial charge in [0.2, 0.25) is 0 Å². The number of nitrogen functional groups attached to an aromatic ring is 1. The Morgan fingerprint density at radius 3 is 2.70 bits per heavy atom. The van der Waals surface area contributed by atoms with Crippen molar-refractivity contribution in [3.8, 4) is 22.1 Å². The second-order valence-corrected chi connectivity index (χ2v) is 8.22. The van der Waals surface area contributed by atoms with Crippen LogP contribution in [-0.4, -0.2) is 35.9 Å². The standard InChI is InChI=1S/C23H21FN4O4S/c1-30-15(12-31-23(26)29)8-13-2-4-17(28-11-13)21-10-18-22(33-21)20(6-7-27-18)32-19-5-3-14(25)9-16(19)24/h2-7,9-11,15H,8,12,25H2,1H3,(H2,26,29). The molecule has 0 aliphatic carbocycles. The fourth-order valence-electron chi connectivity index (χ4n) is 3.18. The number of nitrogens with zero attached hydrogens (tertiary/aromatic N) is 2. The quantitative estimate of drug-likeness (QED) is 0.364. The summed E-state index contributed by atoms with van der Waals surface area (Å²) in [4.78, 5) is 20.6. The van der Waals surface area contributed by atoms with Crippen LogP contribution in [0.3, 0.4) is 0 Å². The maximum atomic E-state index is 14.2. The van der Waals surface area contributed by atoms with E-state index in [0.29, 0.717) is 17.9 Å². The van der Waals surface area contributed by atoms with Gasteiger partial charge in [0.15, 0.2) is 11.6 Å². The van der Waals surface area contributed by atoms with Gasteiger partial charge in [-0.1, -0.05) is 6.07 Å². The van der Waals surface area contributed by atoms with Crippen molar-refractivity contribution in [2.75, 3.05) is 19.5 Å². The van der Waals surface area contributed by atoms with E-state index in [9.17, 15) is 9.18 Å². The van der Waals surface area contributed by atoms with Crippen molar-refractivity contribution in [3.05, 3.63) is 66.2 Å². The van der Waals surface area contributed by atoms with Gasteiger partial charge in [0.25, 0.3) is 0 Å². The molecule has 0 aliphatic heterocycles. The number of rotatable bonds is 8. The zero-order valence-corrected chi connectivity index (χ0v) is 18.5. The molecule has 1 unspecified atom stereocenters. The first-order valence-electron chi connectivity index (χ1n) is 9.94. The summed E-state index contributed by atoms with van der Waals surface area (Å²) in [5.41, 5.74) is 13.3. The van der Waals surface area contributed by atoms with Gasteiger partial charge in [-0.25, -0.2) is 9.18 Å². The summed E-state index contributed by atoms with van der Waals surface area (Å²) in [7, 11) is 1.54. The van der Waals surface area contributed by atoms with Gasteiger partial charge in [0.1, 0.15) is 12.4 Å². The molecular weight excluding hydrogens is 447 g/mol. The number of hydrogen-bond donors (Lipinski definition) is 2. The van der Waals surface area contributed by atoms with E-state index >= 15 is 0 Å². The van der Waals surface area contributed by atoms with Gasteiger partial charge in [0, 0.05) is 43.7 Å². The maximum Gasteiger partial charge on any atom is 0.404 e. The summed E-state index contributed by atoms with van der Waals surface area (Å²) in [6.07, 6.45) is 2.69. The lowest BCUT2D eigenvalue weighted by Crippen LogP contribution is -2.25. The first-order valence-corrected chi connectivity index (χ1v) is 10.8. The van der Waals surface area contributed by atoms with E-state index < -0.39 is 11.9 Å². The smallest absolute Gasteiger partial charge is 0.404 e. The predicted molar refractivity (Wildman–Crippen MR) is 124 cm³/mol. The molecule has 0 radical (unpaired) electrons. The molecule has 0 saturated carbocycles. The number of anilines is 1. The first kappa shape index (κ1) is 22.4. The zero-order valence-electron chi connectivity index (χ0n) is 17.7. The Balaban J connectivity index is 1.54. The Bertz CT molecular complexity index is 1280. The molecule has 0 bridgehead atoms. The molecule has 0 aliphatic rings. The van der Waals surface area contributed by atoms with Crippen LogP contribution in [0.4, 0.5) is 14.9 Å². The molecule has 1 atom stereocenters. The summed E-state index contributed by atoms with van der Waals surface area (Å²) < 4.78 is 30.9. The highest BCUT2D eigenvalue weighted by Crippen LogP contribution is 2.39. The molecule has 4 aromatic rings. The minimum atomic E-state index is -0.841. The molecule has 1 aromatic carbocycles. The molecule has 0 saturated heterocycles. The van der Waals surface area contributed by atoms with Crippen LogP contribution >= 0.6 is 11.3 Å². The van der Waals surface area contributed by atoms with Crippen LogP contribution in [0.25, 0.3) is 20.8 Å². The van der Waals surface area contributed by atoms with Crippen molar-refractivity contribution in [2.45, 2.75) is 12.5 Å². The molecule has 4 N–H and O–H groups in total. The van der Waals surface area contributed by atoms with Crippen LogP contribution in [0, 0.1) is 5.82 Å². The lowest BCUT2D eigenvalue weighted by molar-refractivity contribution is 0.0384. The number of fused-ring (bicyclic) bond motifs is 1. The molecule has 0 spiro atoms. The molecule has 10 heteroatoms. The predicted octanol–water partition coefficient (Wildman–Crippen LogP) is 4.52. The number of amides is 1. The topological polar surface area (TPSA) is 123 Å². The zero-order chi connectivity index (χ0) is 23.4. The van der Waals surface area contributed by atoms with Crippen LogP contribution in [0.15, 0.2) is 54.9 Å². The Kier molecular flexibility index (Phi) is 6.66. The highest BCUT2D eigenvalue weighted by atomic mass is 32.1. The third kappa shape index (κ3) is 5.36. The summed E-state index contributed by atoms with van der Waals surface area (Å²) in [5, 5.41) is 0. The Labute approximate surface area is 192 Å². The van der Waals surface area contributed by atoms with E-state index in [-0.39, 0.29) is 18.5 Å². The van der Waals surface area contributed by atoms with Gasteiger partial charge < -0.3 is 25.7 Å². The normalized spacial score (nSPS) is 11.9. The number of aromatic nitrogens is 2. The molecule has 3 aromatic heterocycles. The van der Waals surface area contributed by atoms with Crippen LogP contribution < -0.4 is 16.2 Å². The lowest BCUT2D eigenvalue weighted by atomic mass is 10.1. The fourth-order valence-corrected chi connectivity index (χ4v) is 4.22. The Hall–Kier alpha value is -3.76. The van der Waals surface area contributed by atoms with Crippen molar-refractivity contribution >= 4 is 33.3 Å². The van der Waals surface area contributed by atoms with Gasteiger partial charge in [0.05, 0.1) is 26.9 Å². The summed E-state index contributed by atoms with van der Waals surface area (Å²) >= 11 is 1.45. The lowest BCUT2D eigenvalue weighted by Gasteiger charge is -2.14. The molecule has 1 amide bonds. The molecule has 8 nitrogen and oxygen atoms in total. The average Bonchev–Trinajstić information content (AvgIpc) is 3.24. The van der Waals surface area contributed by atoms with E-state index in [1.165, 1.54) is 30.6 Å². The van der Waals surface area contributed by atoms with E-state index in [0.717, 1.165) is 26.4 Å². The van der Waals surface area contributed by atoms with Crippen molar-refractivity contribution in [1.29, 1.82) is 0 Å². The molecule has 0 fully saturated rings. The Morgan fingerprint density at radius 2 is 2.00 bits per heavy atom. The van der Waals surface area contributed by atoms with E-state index in [2.05, 4.69) is 9.97 Å². The van der Waals surface area contributed by atoms with Crippen molar-refractivity contribution < 1.29 is 23.4 Å². The third-order valence-corrected chi connectivity index (χ3v) is 6.00. The minimum Gasteiger partial charge on any atom is -0.453 e. The number of carbonyl (C=O) groups excluding carboxylic acids is 1. The first-order chi connectivity index (χ1) is 15.9. The Morgan fingerprint density at radius 1 is 1.15 bits per heavy atom. The van der Waals surface area contributed by atoms with Crippen LogP contribution in [-0.2, 0) is 15.9 Å². The number of carbonyl (C=O) groups is 1. The number of nitrogens with two attached hydrogens (primary N) is 2. The number of benzene rings is 1. The number of primary amides is 1. The van der Waals surface area contributed by atoms with Crippen molar-refractivity contribution in [2.24, 2.45) is 5.73 Å². The maximum absolute atomic E-state index is 14.2. The number of halogens is 1. The van der Waals surface area contributed by atoms with Crippen molar-refractivity contribution in [3.63, 3.8) is 0 Å². The molecule has 3 heterocycles. The highest BCUT2D eigenvalue weighted by molar-refractivity contribution is 7.22. The molecule has 4 rings (SSSR count). The summed E-state index contributed by atoms with van der Waals surface area (Å²) in [6, 6.07) is 11.7.